The smallest absolute Gasteiger partial charge is 0.223 e. The van der Waals surface area contributed by atoms with Gasteiger partial charge >= 0.3 is 0 Å². The summed E-state index contributed by atoms with van der Waals surface area (Å²) in [7, 11) is 0. The molecular formula is C18H29NO2. The van der Waals surface area contributed by atoms with Crippen molar-refractivity contribution in [1.82, 2.24) is 4.90 Å². The molecule has 118 valence electrons. The summed E-state index contributed by atoms with van der Waals surface area (Å²) < 4.78 is 0. The minimum absolute atomic E-state index is 0.153. The van der Waals surface area contributed by atoms with Crippen LogP contribution in [0.15, 0.2) is 0 Å². The zero-order valence-corrected chi connectivity index (χ0v) is 13.2. The topological polar surface area (TPSA) is 37.4 Å². The molecule has 0 radical (unpaired) electrons. The second-order valence-electron chi connectivity index (χ2n) is 7.32. The molecule has 2 unspecified atom stereocenters. The third-order valence-electron chi connectivity index (χ3n) is 5.87. The molecule has 1 saturated heterocycles. The lowest BCUT2D eigenvalue weighted by molar-refractivity contribution is -0.139. The fourth-order valence-corrected chi connectivity index (χ4v) is 4.69. The maximum Gasteiger partial charge on any atom is 0.223 e. The SMILES string of the molecule is O=C1CCCC1C1CCCCN1C(=O)CC1CCCCC1. The average molecular weight is 291 g/mol. The van der Waals surface area contributed by atoms with Gasteiger partial charge in [-0.2, -0.15) is 0 Å². The van der Waals surface area contributed by atoms with E-state index in [1.165, 1.54) is 38.5 Å². The van der Waals surface area contributed by atoms with E-state index in [0.29, 0.717) is 17.6 Å². The van der Waals surface area contributed by atoms with E-state index in [0.717, 1.165) is 45.1 Å². The number of nitrogens with zero attached hydrogens (tertiary/aromatic N) is 1. The van der Waals surface area contributed by atoms with Crippen LogP contribution in [0.1, 0.15) is 77.0 Å². The average Bonchev–Trinajstić information content (AvgIpc) is 2.94. The van der Waals surface area contributed by atoms with Gasteiger partial charge in [0.05, 0.1) is 0 Å². The maximum absolute atomic E-state index is 12.8. The van der Waals surface area contributed by atoms with Crippen LogP contribution in [0.5, 0.6) is 0 Å². The first-order valence-corrected chi connectivity index (χ1v) is 9.08. The zero-order chi connectivity index (χ0) is 14.7. The first-order chi connectivity index (χ1) is 10.3. The van der Waals surface area contributed by atoms with Crippen molar-refractivity contribution in [3.63, 3.8) is 0 Å². The zero-order valence-electron chi connectivity index (χ0n) is 13.2. The van der Waals surface area contributed by atoms with Gasteiger partial charge in [0.15, 0.2) is 0 Å². The Morgan fingerprint density at radius 2 is 1.71 bits per heavy atom. The predicted molar refractivity (Wildman–Crippen MR) is 82.9 cm³/mol. The number of rotatable bonds is 3. The Balaban J connectivity index is 1.62. The quantitative estimate of drug-likeness (QED) is 0.795. The highest BCUT2D eigenvalue weighted by atomic mass is 16.2. The molecule has 2 atom stereocenters. The molecule has 2 saturated carbocycles. The molecule has 3 fully saturated rings. The summed E-state index contributed by atoms with van der Waals surface area (Å²) in [6.07, 6.45) is 13.3. The highest BCUT2D eigenvalue weighted by Crippen LogP contribution is 2.34. The summed E-state index contributed by atoms with van der Waals surface area (Å²) in [6.45, 7) is 0.889. The van der Waals surface area contributed by atoms with E-state index in [-0.39, 0.29) is 12.0 Å². The lowest BCUT2D eigenvalue weighted by Gasteiger charge is -2.39. The minimum atomic E-state index is 0.153. The first kappa shape index (κ1) is 15.1. The van der Waals surface area contributed by atoms with E-state index in [1.54, 1.807) is 0 Å². The van der Waals surface area contributed by atoms with E-state index >= 15 is 0 Å². The van der Waals surface area contributed by atoms with Crippen molar-refractivity contribution in [3.8, 4) is 0 Å². The van der Waals surface area contributed by atoms with Crippen LogP contribution in [0.25, 0.3) is 0 Å². The van der Waals surface area contributed by atoms with Crippen LogP contribution in [0.2, 0.25) is 0 Å². The number of hydrogen-bond acceptors (Lipinski definition) is 2. The Hall–Kier alpha value is -0.860. The van der Waals surface area contributed by atoms with Crippen molar-refractivity contribution in [1.29, 1.82) is 0 Å². The van der Waals surface area contributed by atoms with E-state index in [9.17, 15) is 9.59 Å². The lowest BCUT2D eigenvalue weighted by Crippen LogP contribution is -2.49. The van der Waals surface area contributed by atoms with Crippen LogP contribution in [-0.4, -0.2) is 29.2 Å². The van der Waals surface area contributed by atoms with E-state index in [4.69, 9.17) is 0 Å². The number of amides is 1. The van der Waals surface area contributed by atoms with E-state index in [1.807, 2.05) is 0 Å². The molecule has 1 aliphatic heterocycles. The van der Waals surface area contributed by atoms with E-state index in [2.05, 4.69) is 4.90 Å². The summed E-state index contributed by atoms with van der Waals surface area (Å²) >= 11 is 0. The Morgan fingerprint density at radius 1 is 0.952 bits per heavy atom. The molecule has 0 aromatic carbocycles. The van der Waals surface area contributed by atoms with Gasteiger partial charge in [0.2, 0.25) is 5.91 Å². The van der Waals surface area contributed by atoms with Crippen LogP contribution in [-0.2, 0) is 9.59 Å². The van der Waals surface area contributed by atoms with Gasteiger partial charge in [0, 0.05) is 31.3 Å². The predicted octanol–water partition coefficient (Wildman–Crippen LogP) is 3.71. The standard InChI is InChI=1S/C18H29NO2/c20-17-11-6-9-15(17)16-10-4-5-12-19(16)18(21)13-14-7-2-1-3-8-14/h14-16H,1-13H2. The summed E-state index contributed by atoms with van der Waals surface area (Å²) in [5, 5.41) is 0. The molecule has 0 aromatic rings. The summed E-state index contributed by atoms with van der Waals surface area (Å²) in [4.78, 5) is 27.0. The van der Waals surface area contributed by atoms with Crippen LogP contribution < -0.4 is 0 Å². The second kappa shape index (κ2) is 6.93. The van der Waals surface area contributed by atoms with Crippen molar-refractivity contribution >= 4 is 11.7 Å². The Bertz CT molecular complexity index is 387. The number of piperidine rings is 1. The molecule has 2 aliphatic carbocycles. The van der Waals surface area contributed by atoms with Gasteiger partial charge in [-0.3, -0.25) is 9.59 Å². The van der Waals surface area contributed by atoms with Crippen LogP contribution in [0.4, 0.5) is 0 Å². The third kappa shape index (κ3) is 3.49. The number of Topliss-reactive ketones (excluding diaryl/α,β-unsaturated/α-hetero) is 1. The van der Waals surface area contributed by atoms with Crippen molar-refractivity contribution in [2.75, 3.05) is 6.54 Å². The van der Waals surface area contributed by atoms with Crippen molar-refractivity contribution in [2.45, 2.75) is 83.1 Å². The van der Waals surface area contributed by atoms with Crippen molar-refractivity contribution < 1.29 is 9.59 Å². The molecule has 0 N–H and O–H groups in total. The second-order valence-corrected chi connectivity index (χ2v) is 7.32. The van der Waals surface area contributed by atoms with Gasteiger partial charge in [0.1, 0.15) is 5.78 Å². The number of hydrogen-bond donors (Lipinski definition) is 0. The van der Waals surface area contributed by atoms with Gasteiger partial charge in [0.25, 0.3) is 0 Å². The highest BCUT2D eigenvalue weighted by molar-refractivity contribution is 5.85. The number of ketones is 1. The molecule has 0 aromatic heterocycles. The molecule has 1 amide bonds. The molecule has 3 nitrogen and oxygen atoms in total. The number of carbonyl (C=O) groups is 2. The number of likely N-dealkylation sites (tertiary alicyclic amines) is 1. The van der Waals surface area contributed by atoms with Crippen molar-refractivity contribution in [3.05, 3.63) is 0 Å². The Morgan fingerprint density at radius 3 is 2.43 bits per heavy atom. The van der Waals surface area contributed by atoms with Crippen LogP contribution >= 0.6 is 0 Å². The fourth-order valence-electron chi connectivity index (χ4n) is 4.69. The van der Waals surface area contributed by atoms with E-state index < -0.39 is 0 Å². The summed E-state index contributed by atoms with van der Waals surface area (Å²) in [6, 6.07) is 0.227. The number of carbonyl (C=O) groups excluding carboxylic acids is 2. The van der Waals surface area contributed by atoms with Crippen molar-refractivity contribution in [2.24, 2.45) is 11.8 Å². The Labute approximate surface area is 128 Å². The monoisotopic (exact) mass is 291 g/mol. The molecule has 0 bridgehead atoms. The molecule has 3 heteroatoms. The summed E-state index contributed by atoms with van der Waals surface area (Å²) in [5.74, 6) is 1.51. The largest absolute Gasteiger partial charge is 0.339 e. The molecule has 3 rings (SSSR count). The van der Waals surface area contributed by atoms with Gasteiger partial charge in [-0.1, -0.05) is 19.3 Å². The first-order valence-electron chi connectivity index (χ1n) is 9.08. The lowest BCUT2D eigenvalue weighted by atomic mass is 9.84. The van der Waals surface area contributed by atoms with Crippen LogP contribution in [0.3, 0.4) is 0 Å². The maximum atomic E-state index is 12.8. The van der Waals surface area contributed by atoms with Gasteiger partial charge in [-0.15, -0.1) is 0 Å². The molecule has 0 spiro atoms. The van der Waals surface area contributed by atoms with Gasteiger partial charge in [-0.05, 0) is 50.9 Å². The van der Waals surface area contributed by atoms with Gasteiger partial charge < -0.3 is 4.90 Å². The highest BCUT2D eigenvalue weighted by Gasteiger charge is 2.38. The molecule has 1 heterocycles. The molecular weight excluding hydrogens is 262 g/mol. The van der Waals surface area contributed by atoms with Gasteiger partial charge in [-0.25, -0.2) is 0 Å². The normalized spacial score (nSPS) is 31.6. The summed E-state index contributed by atoms with van der Waals surface area (Å²) in [5.41, 5.74) is 0. The minimum Gasteiger partial charge on any atom is -0.339 e. The van der Waals surface area contributed by atoms with Crippen LogP contribution in [0, 0.1) is 11.8 Å². The molecule has 3 aliphatic rings. The third-order valence-corrected chi connectivity index (χ3v) is 5.87. The Kier molecular flexibility index (Phi) is 4.97. The molecule has 21 heavy (non-hydrogen) atoms. The fraction of sp³-hybridized carbons (Fsp3) is 0.889.